The number of hydrogen-bond donors (Lipinski definition) is 2. The predicted molar refractivity (Wildman–Crippen MR) is 143 cm³/mol. The lowest BCUT2D eigenvalue weighted by Gasteiger charge is -2.51. The Morgan fingerprint density at radius 3 is 1.11 bits per heavy atom. The maximum atomic E-state index is 12.2. The third kappa shape index (κ3) is 11.6. The molecule has 0 aliphatic heterocycles. The average Bonchev–Trinajstić information content (AvgIpc) is 2.82. The van der Waals surface area contributed by atoms with Gasteiger partial charge in [0.15, 0.2) is 12.1 Å². The van der Waals surface area contributed by atoms with Crippen molar-refractivity contribution < 1.29 is 34.2 Å². The fraction of sp³-hybridized carbons (Fsp3) is 0.897. The zero-order valence-corrected chi connectivity index (χ0v) is 23.6. The van der Waals surface area contributed by atoms with E-state index in [-0.39, 0.29) is 25.8 Å². The van der Waals surface area contributed by atoms with Gasteiger partial charge in [-0.3, -0.25) is 4.48 Å². The van der Waals surface area contributed by atoms with Crippen molar-refractivity contribution in [3.63, 3.8) is 0 Å². The number of carboxylic acid groups (broad SMARTS) is 3. The number of carbonyl (C=O) groups is 3. The molecule has 3 atom stereocenters. The highest BCUT2D eigenvalue weighted by atomic mass is 16.4. The molecule has 7 heteroatoms. The fourth-order valence-electron chi connectivity index (χ4n) is 6.02. The number of aliphatic carboxylic acids is 3. The summed E-state index contributed by atoms with van der Waals surface area (Å²) in [6.07, 6.45) is 18.4. The Hall–Kier alpha value is -1.63. The van der Waals surface area contributed by atoms with Gasteiger partial charge in [0.2, 0.25) is 0 Å². The Bertz CT molecular complexity index is 554. The van der Waals surface area contributed by atoms with Crippen LogP contribution in [0.25, 0.3) is 0 Å². The van der Waals surface area contributed by atoms with Crippen molar-refractivity contribution in [1.29, 1.82) is 0 Å². The Kier molecular flexibility index (Phi) is 19.5. The van der Waals surface area contributed by atoms with Crippen LogP contribution in [0.4, 0.5) is 0 Å². The molecule has 3 unspecified atom stereocenters. The fourth-order valence-corrected chi connectivity index (χ4v) is 6.02. The number of unbranched alkanes of at least 4 members (excludes halogenated alkanes) is 14. The number of rotatable bonds is 25. The molecule has 0 aromatic rings. The van der Waals surface area contributed by atoms with Crippen molar-refractivity contribution in [1.82, 2.24) is 0 Å². The maximum absolute atomic E-state index is 12.2. The van der Waals surface area contributed by atoms with Gasteiger partial charge in [-0.2, -0.15) is 0 Å². The molecule has 2 N–H and O–H groups in total. The van der Waals surface area contributed by atoms with Crippen molar-refractivity contribution in [2.45, 2.75) is 161 Å². The van der Waals surface area contributed by atoms with Crippen molar-refractivity contribution in [3.05, 3.63) is 0 Å². The molecule has 0 saturated heterocycles. The number of carboxylic acids is 3. The highest BCUT2D eigenvalue weighted by Gasteiger charge is 2.53. The van der Waals surface area contributed by atoms with E-state index in [4.69, 9.17) is 0 Å². The Morgan fingerprint density at radius 1 is 0.556 bits per heavy atom. The molecule has 7 nitrogen and oxygen atoms in total. The van der Waals surface area contributed by atoms with Gasteiger partial charge < -0.3 is 20.1 Å². The van der Waals surface area contributed by atoms with Gasteiger partial charge in [-0.25, -0.2) is 9.59 Å². The molecule has 0 rings (SSSR count). The number of nitrogens with zero attached hydrogens (tertiary/aromatic N) is 1. The molecule has 0 spiro atoms. The second-order valence-electron chi connectivity index (χ2n) is 10.4. The maximum Gasteiger partial charge on any atom is 0.362 e. The molecule has 0 aromatic carbocycles. The molecule has 0 radical (unpaired) electrons. The van der Waals surface area contributed by atoms with Gasteiger partial charge in [-0.05, 0) is 12.8 Å². The van der Waals surface area contributed by atoms with Gasteiger partial charge in [0.05, 0.1) is 12.5 Å². The summed E-state index contributed by atoms with van der Waals surface area (Å²) < 4.78 is -0.463. The van der Waals surface area contributed by atoms with Crippen LogP contribution in [-0.4, -0.2) is 57.3 Å². The summed E-state index contributed by atoms with van der Waals surface area (Å²) in [5.41, 5.74) is 0. The SMILES string of the molecule is CCCCCCCCCCCCCCCCC[N+](C(CC)C(=O)[O-])(C(CC)C(=O)O)C(CC)C(=O)O. The van der Waals surface area contributed by atoms with E-state index in [1.165, 1.54) is 70.6 Å². The Balaban J connectivity index is 4.79. The van der Waals surface area contributed by atoms with Crippen molar-refractivity contribution in [2.75, 3.05) is 6.54 Å². The lowest BCUT2D eigenvalue weighted by Crippen LogP contribution is -2.73. The third-order valence-electron chi connectivity index (χ3n) is 7.89. The molecular weight excluding hydrogens is 458 g/mol. The summed E-state index contributed by atoms with van der Waals surface area (Å²) in [7, 11) is 0. The highest BCUT2D eigenvalue weighted by molar-refractivity contribution is 5.77. The predicted octanol–water partition coefficient (Wildman–Crippen LogP) is 5.93. The van der Waals surface area contributed by atoms with E-state index < -0.39 is 40.5 Å². The minimum absolute atomic E-state index is 0.134. The van der Waals surface area contributed by atoms with Gasteiger partial charge in [0.25, 0.3) is 0 Å². The standard InChI is InChI=1S/C29H55NO6/c1-5-9-10-11-12-13-14-15-16-17-18-19-20-21-22-23-30(24(6-2)27(31)32,25(7-3)28(33)34)26(8-4)29(35)36/h24-26H,5-23H2,1-4H3,(H2-,31,32,33,34,35,36). The topological polar surface area (TPSA) is 115 Å². The van der Waals surface area contributed by atoms with Crippen LogP contribution in [0, 0.1) is 0 Å². The van der Waals surface area contributed by atoms with Crippen LogP contribution in [0.1, 0.15) is 143 Å². The van der Waals surface area contributed by atoms with Gasteiger partial charge in [-0.1, -0.05) is 111 Å². The zero-order valence-electron chi connectivity index (χ0n) is 23.6. The van der Waals surface area contributed by atoms with Crippen molar-refractivity contribution in [3.8, 4) is 0 Å². The number of hydrogen-bond acceptors (Lipinski definition) is 4. The average molecular weight is 514 g/mol. The van der Waals surface area contributed by atoms with Crippen LogP contribution in [-0.2, 0) is 14.4 Å². The Morgan fingerprint density at radius 2 is 0.861 bits per heavy atom. The third-order valence-corrected chi connectivity index (χ3v) is 7.89. The molecule has 0 fully saturated rings. The first-order chi connectivity index (χ1) is 17.2. The van der Waals surface area contributed by atoms with Crippen LogP contribution in [0.3, 0.4) is 0 Å². The molecule has 36 heavy (non-hydrogen) atoms. The van der Waals surface area contributed by atoms with E-state index in [9.17, 15) is 29.7 Å². The molecule has 0 amide bonds. The molecule has 0 heterocycles. The van der Waals surface area contributed by atoms with Gasteiger partial charge >= 0.3 is 11.9 Å². The highest BCUT2D eigenvalue weighted by Crippen LogP contribution is 2.32. The van der Waals surface area contributed by atoms with E-state index in [0.717, 1.165) is 19.3 Å². The molecule has 212 valence electrons. The normalized spacial score (nSPS) is 15.7. The van der Waals surface area contributed by atoms with E-state index in [1.54, 1.807) is 20.8 Å². The first kappa shape index (κ1) is 34.4. The minimum Gasteiger partial charge on any atom is -0.544 e. The molecule has 0 aliphatic rings. The molecule has 0 bridgehead atoms. The summed E-state index contributed by atoms with van der Waals surface area (Å²) in [6.45, 7) is 7.51. The zero-order chi connectivity index (χ0) is 27.4. The van der Waals surface area contributed by atoms with Gasteiger partial charge in [0, 0.05) is 19.3 Å². The largest absolute Gasteiger partial charge is 0.544 e. The second-order valence-corrected chi connectivity index (χ2v) is 10.4. The van der Waals surface area contributed by atoms with Gasteiger partial charge in [-0.15, -0.1) is 0 Å². The number of carbonyl (C=O) groups excluding carboxylic acids is 1. The molecular formula is C29H55NO6. The lowest BCUT2D eigenvalue weighted by atomic mass is 9.93. The minimum atomic E-state index is -1.36. The number of quaternary nitrogens is 1. The molecule has 0 aromatic heterocycles. The smallest absolute Gasteiger partial charge is 0.362 e. The van der Waals surface area contributed by atoms with Crippen LogP contribution in [0.2, 0.25) is 0 Å². The van der Waals surface area contributed by atoms with Crippen molar-refractivity contribution >= 4 is 17.9 Å². The first-order valence-corrected chi connectivity index (χ1v) is 14.8. The lowest BCUT2D eigenvalue weighted by molar-refractivity contribution is -0.974. The van der Waals surface area contributed by atoms with Crippen LogP contribution < -0.4 is 5.11 Å². The van der Waals surface area contributed by atoms with E-state index >= 15 is 0 Å². The van der Waals surface area contributed by atoms with E-state index in [2.05, 4.69) is 6.92 Å². The van der Waals surface area contributed by atoms with E-state index in [0.29, 0.717) is 6.42 Å². The summed E-state index contributed by atoms with van der Waals surface area (Å²) in [5.74, 6) is -3.64. The van der Waals surface area contributed by atoms with Crippen LogP contribution in [0.5, 0.6) is 0 Å². The van der Waals surface area contributed by atoms with E-state index in [1.807, 2.05) is 0 Å². The van der Waals surface area contributed by atoms with Gasteiger partial charge in [0.1, 0.15) is 6.04 Å². The monoisotopic (exact) mass is 513 g/mol. The van der Waals surface area contributed by atoms with Crippen LogP contribution >= 0.6 is 0 Å². The molecule has 0 saturated carbocycles. The summed E-state index contributed by atoms with van der Waals surface area (Å²) in [6, 6.07) is -3.36. The summed E-state index contributed by atoms with van der Waals surface area (Å²) >= 11 is 0. The van der Waals surface area contributed by atoms with Crippen LogP contribution in [0.15, 0.2) is 0 Å². The quantitative estimate of drug-likeness (QED) is 0.115. The second kappa shape index (κ2) is 20.4. The first-order valence-electron chi connectivity index (χ1n) is 14.8. The summed E-state index contributed by atoms with van der Waals surface area (Å²) in [4.78, 5) is 36.5. The Labute approximate surface area is 220 Å². The summed E-state index contributed by atoms with van der Waals surface area (Å²) in [5, 5.41) is 32.0. The van der Waals surface area contributed by atoms with Crippen molar-refractivity contribution in [2.24, 2.45) is 0 Å². The molecule has 0 aliphatic carbocycles.